The Morgan fingerprint density at radius 3 is 2.67 bits per heavy atom. The topological polar surface area (TPSA) is 64.0 Å². The lowest BCUT2D eigenvalue weighted by Gasteiger charge is -2.26. The van der Waals surface area contributed by atoms with E-state index in [-0.39, 0.29) is 10.4 Å². The zero-order chi connectivity index (χ0) is 13.2. The summed E-state index contributed by atoms with van der Waals surface area (Å²) in [6.45, 7) is 0.398. The van der Waals surface area contributed by atoms with Gasteiger partial charge in [0.25, 0.3) is 10.0 Å². The maximum Gasteiger partial charge on any atom is 0.259 e. The molecule has 1 aliphatic carbocycles. The van der Waals surface area contributed by atoms with Crippen molar-refractivity contribution in [3.05, 3.63) is 12.5 Å². The lowest BCUT2D eigenvalue weighted by atomic mass is 9.89. The van der Waals surface area contributed by atoms with E-state index in [1.807, 2.05) is 0 Å². The fraction of sp³-hybridized carbons (Fsp3) is 0.727. The smallest absolute Gasteiger partial charge is 0.259 e. The molecule has 1 aromatic rings. The molecule has 1 saturated carbocycles. The Balaban J connectivity index is 2.05. The first-order valence-electron chi connectivity index (χ1n) is 6.01. The fourth-order valence-electron chi connectivity index (χ4n) is 2.33. The molecule has 0 aromatic carbocycles. The van der Waals surface area contributed by atoms with Crippen LogP contribution in [0.5, 0.6) is 0 Å². The van der Waals surface area contributed by atoms with Gasteiger partial charge in [-0.05, 0) is 18.3 Å². The molecule has 18 heavy (non-hydrogen) atoms. The molecule has 1 aromatic heterocycles. The molecule has 102 valence electrons. The molecular formula is C11H18ClN3O2S. The van der Waals surface area contributed by atoms with Crippen molar-refractivity contribution < 1.29 is 8.42 Å². The van der Waals surface area contributed by atoms with Crippen molar-refractivity contribution in [3.63, 3.8) is 0 Å². The molecule has 0 radical (unpaired) electrons. The normalized spacial score (nSPS) is 19.2. The van der Waals surface area contributed by atoms with Gasteiger partial charge in [0, 0.05) is 25.7 Å². The van der Waals surface area contributed by atoms with Crippen LogP contribution >= 0.6 is 11.6 Å². The van der Waals surface area contributed by atoms with Crippen LogP contribution in [0.3, 0.4) is 0 Å². The number of imidazole rings is 1. The zero-order valence-electron chi connectivity index (χ0n) is 10.4. The molecule has 0 aliphatic heterocycles. The SMILES string of the molecule is Cn1cnc(S(=O)(=O)NCC2(CCl)CCCC2)c1. The number of nitrogens with zero attached hydrogens (tertiary/aromatic N) is 2. The molecule has 0 spiro atoms. The summed E-state index contributed by atoms with van der Waals surface area (Å²) in [5, 5.41) is 0.0627. The Hall–Kier alpha value is -0.590. The van der Waals surface area contributed by atoms with E-state index in [0.29, 0.717) is 12.4 Å². The Morgan fingerprint density at radius 1 is 1.50 bits per heavy atom. The molecular weight excluding hydrogens is 274 g/mol. The zero-order valence-corrected chi connectivity index (χ0v) is 12.0. The average molecular weight is 292 g/mol. The van der Waals surface area contributed by atoms with Gasteiger partial charge in [0.1, 0.15) is 0 Å². The van der Waals surface area contributed by atoms with E-state index in [0.717, 1.165) is 25.7 Å². The van der Waals surface area contributed by atoms with E-state index >= 15 is 0 Å². The molecule has 0 amide bonds. The van der Waals surface area contributed by atoms with Crippen molar-refractivity contribution in [2.45, 2.75) is 30.7 Å². The highest BCUT2D eigenvalue weighted by atomic mass is 35.5. The molecule has 1 N–H and O–H groups in total. The molecule has 0 unspecified atom stereocenters. The number of aromatic nitrogens is 2. The molecule has 1 heterocycles. The van der Waals surface area contributed by atoms with E-state index in [1.165, 1.54) is 12.5 Å². The third-order valence-electron chi connectivity index (χ3n) is 3.54. The number of nitrogens with one attached hydrogen (secondary N) is 1. The van der Waals surface area contributed by atoms with Crippen molar-refractivity contribution in [2.75, 3.05) is 12.4 Å². The molecule has 2 rings (SSSR count). The third kappa shape index (κ3) is 2.87. The molecule has 0 atom stereocenters. The van der Waals surface area contributed by atoms with Crippen molar-refractivity contribution >= 4 is 21.6 Å². The van der Waals surface area contributed by atoms with E-state index in [1.54, 1.807) is 11.6 Å². The van der Waals surface area contributed by atoms with E-state index in [9.17, 15) is 8.42 Å². The number of hydrogen-bond donors (Lipinski definition) is 1. The Kier molecular flexibility index (Phi) is 3.99. The number of rotatable bonds is 5. The van der Waals surface area contributed by atoms with E-state index < -0.39 is 10.0 Å². The van der Waals surface area contributed by atoms with Crippen molar-refractivity contribution in [1.29, 1.82) is 0 Å². The first kappa shape index (κ1) is 13.8. The van der Waals surface area contributed by atoms with Gasteiger partial charge in [-0.15, -0.1) is 11.6 Å². The monoisotopic (exact) mass is 291 g/mol. The van der Waals surface area contributed by atoms with Crippen LogP contribution in [-0.2, 0) is 17.1 Å². The first-order chi connectivity index (χ1) is 8.47. The quantitative estimate of drug-likeness (QED) is 0.836. The minimum Gasteiger partial charge on any atom is -0.339 e. The summed E-state index contributed by atoms with van der Waals surface area (Å²) in [6.07, 6.45) is 7.18. The van der Waals surface area contributed by atoms with Crippen LogP contribution in [0.25, 0.3) is 0 Å². The molecule has 5 nitrogen and oxygen atoms in total. The lowest BCUT2D eigenvalue weighted by molar-refractivity contribution is 0.342. The Morgan fingerprint density at radius 2 is 2.17 bits per heavy atom. The molecule has 1 aliphatic rings. The summed E-state index contributed by atoms with van der Waals surface area (Å²) in [5.41, 5.74) is -0.0800. The van der Waals surface area contributed by atoms with Gasteiger partial charge >= 0.3 is 0 Å². The van der Waals surface area contributed by atoms with Gasteiger partial charge in [0.15, 0.2) is 5.03 Å². The number of halogens is 1. The summed E-state index contributed by atoms with van der Waals surface area (Å²) in [6, 6.07) is 0. The molecule has 0 saturated heterocycles. The molecule has 1 fully saturated rings. The van der Waals surface area contributed by atoms with Gasteiger partial charge in [-0.3, -0.25) is 0 Å². The maximum absolute atomic E-state index is 12.0. The maximum atomic E-state index is 12.0. The largest absolute Gasteiger partial charge is 0.339 e. The predicted molar refractivity (Wildman–Crippen MR) is 70.0 cm³/mol. The number of hydrogen-bond acceptors (Lipinski definition) is 3. The van der Waals surface area contributed by atoms with Gasteiger partial charge in [0.2, 0.25) is 0 Å². The summed E-state index contributed by atoms with van der Waals surface area (Å²) >= 11 is 5.99. The van der Waals surface area contributed by atoms with Crippen LogP contribution in [0.15, 0.2) is 17.6 Å². The second kappa shape index (κ2) is 5.19. The van der Waals surface area contributed by atoms with E-state index in [2.05, 4.69) is 9.71 Å². The van der Waals surface area contributed by atoms with Crippen LogP contribution in [-0.4, -0.2) is 30.4 Å². The lowest BCUT2D eigenvalue weighted by Crippen LogP contribution is -2.37. The Labute approximate surface area is 113 Å². The van der Waals surface area contributed by atoms with Crippen molar-refractivity contribution in [1.82, 2.24) is 14.3 Å². The first-order valence-corrected chi connectivity index (χ1v) is 8.03. The summed E-state index contributed by atoms with van der Waals surface area (Å²) in [4.78, 5) is 3.86. The molecule has 7 heteroatoms. The van der Waals surface area contributed by atoms with Gasteiger partial charge < -0.3 is 4.57 Å². The highest BCUT2D eigenvalue weighted by molar-refractivity contribution is 7.89. The van der Waals surface area contributed by atoms with Crippen molar-refractivity contribution in [3.8, 4) is 0 Å². The number of aryl methyl sites for hydroxylation is 1. The van der Waals surface area contributed by atoms with Crippen LogP contribution in [0.2, 0.25) is 0 Å². The average Bonchev–Trinajstić information content (AvgIpc) is 2.96. The van der Waals surface area contributed by atoms with Gasteiger partial charge in [-0.2, -0.15) is 0 Å². The second-order valence-corrected chi connectivity index (χ2v) is 7.02. The number of alkyl halides is 1. The molecule has 0 bridgehead atoms. The summed E-state index contributed by atoms with van der Waals surface area (Å²) < 4.78 is 28.3. The summed E-state index contributed by atoms with van der Waals surface area (Å²) in [5.74, 6) is 0.498. The standard InChI is InChI=1S/C11H18ClN3O2S/c1-15-6-10(13-9-15)18(16,17)14-8-11(7-12)4-2-3-5-11/h6,9,14H,2-5,7-8H2,1H3. The minimum atomic E-state index is -3.52. The van der Waals surface area contributed by atoms with Crippen LogP contribution < -0.4 is 4.72 Å². The highest BCUT2D eigenvalue weighted by Gasteiger charge is 2.34. The van der Waals surface area contributed by atoms with Crippen LogP contribution in [0.1, 0.15) is 25.7 Å². The van der Waals surface area contributed by atoms with Crippen molar-refractivity contribution in [2.24, 2.45) is 12.5 Å². The highest BCUT2D eigenvalue weighted by Crippen LogP contribution is 2.38. The van der Waals surface area contributed by atoms with Gasteiger partial charge in [0.05, 0.1) is 6.33 Å². The fourth-order valence-corrected chi connectivity index (χ4v) is 3.83. The van der Waals surface area contributed by atoms with E-state index in [4.69, 9.17) is 11.6 Å². The van der Waals surface area contributed by atoms with Gasteiger partial charge in [-0.1, -0.05) is 12.8 Å². The third-order valence-corrected chi connectivity index (χ3v) is 5.39. The summed E-state index contributed by atoms with van der Waals surface area (Å²) in [7, 11) is -1.78. The van der Waals surface area contributed by atoms with Gasteiger partial charge in [-0.25, -0.2) is 18.1 Å². The number of sulfonamides is 1. The Bertz CT molecular complexity index is 506. The second-order valence-electron chi connectivity index (χ2n) is 5.04. The van der Waals surface area contributed by atoms with Crippen LogP contribution in [0.4, 0.5) is 0 Å². The van der Waals surface area contributed by atoms with Crippen LogP contribution in [0, 0.1) is 5.41 Å². The minimum absolute atomic E-state index is 0.0627. The predicted octanol–water partition coefficient (Wildman–Crippen LogP) is 1.50.